The minimum Gasteiger partial charge on any atom is -0.431 e. The molecule has 2 N–H and O–H groups in total. The molecule has 0 aliphatic carbocycles. The Hall–Kier alpha value is -3.32. The number of amides is 1. The Balaban J connectivity index is 2.11. The van der Waals surface area contributed by atoms with E-state index in [1.807, 2.05) is 0 Å². The van der Waals surface area contributed by atoms with Crippen molar-refractivity contribution in [3.05, 3.63) is 69.9 Å². The van der Waals surface area contributed by atoms with Gasteiger partial charge in [-0.25, -0.2) is 17.8 Å². The molecular formula is C20H14ClF5N4O3S. The molecule has 0 saturated carbocycles. The summed E-state index contributed by atoms with van der Waals surface area (Å²) in [5.74, 6) is -5.74. The Labute approximate surface area is 194 Å². The van der Waals surface area contributed by atoms with E-state index in [1.54, 1.807) is 0 Å². The first-order valence-electron chi connectivity index (χ1n) is 9.10. The number of ether oxygens (including phenoxy) is 1. The van der Waals surface area contributed by atoms with Crippen molar-refractivity contribution in [1.82, 2.24) is 10.2 Å². The largest absolute Gasteiger partial charge is 0.435 e. The van der Waals surface area contributed by atoms with E-state index in [1.165, 1.54) is 24.3 Å². The van der Waals surface area contributed by atoms with E-state index in [2.05, 4.69) is 15.5 Å². The van der Waals surface area contributed by atoms with Gasteiger partial charge in [-0.3, -0.25) is 4.79 Å². The number of rotatable bonds is 5. The van der Waals surface area contributed by atoms with E-state index in [0.717, 1.165) is 13.2 Å². The van der Waals surface area contributed by atoms with Gasteiger partial charge in [0.1, 0.15) is 5.56 Å². The van der Waals surface area contributed by atoms with Crippen LogP contribution in [0.3, 0.4) is 0 Å². The van der Waals surface area contributed by atoms with Crippen molar-refractivity contribution in [2.75, 3.05) is 11.6 Å². The van der Waals surface area contributed by atoms with Gasteiger partial charge in [0.15, 0.2) is 17.3 Å². The predicted octanol–water partition coefficient (Wildman–Crippen LogP) is 5.82. The minimum absolute atomic E-state index is 0.0103. The number of carbonyl (C=O) groups excluding carboxylic acids is 1. The molecule has 3 aromatic rings. The summed E-state index contributed by atoms with van der Waals surface area (Å²) in [6, 6.07) is 6.66. The molecule has 0 spiro atoms. The standard InChI is InChI=1S/C20H14ClF5N4O3S/c1-9-15(18(31)28-11-4-3-5-12(8-11)34(2,27)32)19(30-29-17(9)20(24,25)26)33-16-13(22)6-10(21)7-14(16)23/h3-8,27H,1-2H3,(H,28,31). The van der Waals surface area contributed by atoms with Gasteiger partial charge in [0.25, 0.3) is 11.8 Å². The number of anilines is 1. The van der Waals surface area contributed by atoms with Crippen LogP contribution in [0.2, 0.25) is 5.02 Å². The summed E-state index contributed by atoms with van der Waals surface area (Å²) in [6.45, 7) is 0.910. The summed E-state index contributed by atoms with van der Waals surface area (Å²) < 4.78 is 93.1. The zero-order valence-corrected chi connectivity index (χ0v) is 18.8. The van der Waals surface area contributed by atoms with E-state index in [4.69, 9.17) is 21.1 Å². The van der Waals surface area contributed by atoms with E-state index < -0.39 is 61.9 Å². The summed E-state index contributed by atoms with van der Waals surface area (Å²) in [5, 5.41) is 8.21. The van der Waals surface area contributed by atoms with Gasteiger partial charge in [-0.1, -0.05) is 17.7 Å². The summed E-state index contributed by atoms with van der Waals surface area (Å²) in [5.41, 5.74) is -3.05. The normalized spacial score (nSPS) is 13.3. The summed E-state index contributed by atoms with van der Waals surface area (Å²) in [6.07, 6.45) is -3.86. The Morgan fingerprint density at radius 1 is 1.15 bits per heavy atom. The molecule has 1 atom stereocenters. The molecule has 2 aromatic carbocycles. The number of halogens is 6. The van der Waals surface area contributed by atoms with Crippen molar-refractivity contribution in [3.8, 4) is 11.6 Å². The van der Waals surface area contributed by atoms with Crippen LogP contribution < -0.4 is 10.1 Å². The van der Waals surface area contributed by atoms with Gasteiger partial charge in [-0.05, 0) is 42.8 Å². The predicted molar refractivity (Wildman–Crippen MR) is 113 cm³/mol. The number of alkyl halides is 3. The van der Waals surface area contributed by atoms with Crippen molar-refractivity contribution >= 4 is 32.9 Å². The first-order chi connectivity index (χ1) is 15.7. The highest BCUT2D eigenvalue weighted by Crippen LogP contribution is 2.36. The van der Waals surface area contributed by atoms with Gasteiger partial charge >= 0.3 is 6.18 Å². The van der Waals surface area contributed by atoms with Crippen molar-refractivity contribution in [3.63, 3.8) is 0 Å². The number of nitrogens with one attached hydrogen (secondary N) is 2. The number of hydrogen-bond donors (Lipinski definition) is 2. The molecule has 1 heterocycles. The molecular weight excluding hydrogens is 507 g/mol. The zero-order chi connectivity index (χ0) is 25.4. The zero-order valence-electron chi connectivity index (χ0n) is 17.3. The fraction of sp³-hybridized carbons (Fsp3) is 0.150. The smallest absolute Gasteiger partial charge is 0.431 e. The van der Waals surface area contributed by atoms with Gasteiger partial charge in [-0.2, -0.15) is 13.2 Å². The number of carbonyl (C=O) groups is 1. The molecule has 0 aliphatic heterocycles. The molecule has 0 fully saturated rings. The third-order valence-electron chi connectivity index (χ3n) is 4.38. The van der Waals surface area contributed by atoms with Crippen LogP contribution in [0.15, 0.2) is 41.3 Å². The second-order valence-electron chi connectivity index (χ2n) is 6.98. The molecule has 1 amide bonds. The topological polar surface area (TPSA) is 105 Å². The second-order valence-corrected chi connectivity index (χ2v) is 9.57. The number of aromatic nitrogens is 2. The Morgan fingerprint density at radius 2 is 1.76 bits per heavy atom. The highest BCUT2D eigenvalue weighted by molar-refractivity contribution is 7.91. The molecule has 1 unspecified atom stereocenters. The molecule has 180 valence electrons. The number of hydrogen-bond acceptors (Lipinski definition) is 6. The maximum Gasteiger partial charge on any atom is 0.435 e. The van der Waals surface area contributed by atoms with E-state index in [-0.39, 0.29) is 15.6 Å². The lowest BCUT2D eigenvalue weighted by atomic mass is 10.1. The molecule has 0 aliphatic rings. The summed E-state index contributed by atoms with van der Waals surface area (Å²) >= 11 is 5.55. The van der Waals surface area contributed by atoms with E-state index in [9.17, 15) is 31.0 Å². The van der Waals surface area contributed by atoms with Crippen LogP contribution in [-0.4, -0.2) is 26.6 Å². The fourth-order valence-corrected chi connectivity index (χ4v) is 3.72. The number of nitrogens with zero attached hydrogens (tertiary/aromatic N) is 2. The first-order valence-corrected chi connectivity index (χ1v) is 11.4. The summed E-state index contributed by atoms with van der Waals surface area (Å²) in [7, 11) is -3.16. The van der Waals surface area contributed by atoms with Gasteiger partial charge in [0, 0.05) is 21.9 Å². The van der Waals surface area contributed by atoms with Gasteiger partial charge in [0.2, 0.25) is 5.75 Å². The van der Waals surface area contributed by atoms with Crippen LogP contribution in [0.25, 0.3) is 0 Å². The van der Waals surface area contributed by atoms with Gasteiger partial charge in [-0.15, -0.1) is 10.2 Å². The first kappa shape index (κ1) is 25.3. The van der Waals surface area contributed by atoms with Crippen molar-refractivity contribution in [1.29, 1.82) is 4.78 Å². The monoisotopic (exact) mass is 520 g/mol. The average Bonchev–Trinajstić information content (AvgIpc) is 2.69. The highest BCUT2D eigenvalue weighted by atomic mass is 35.5. The molecule has 0 saturated heterocycles. The third-order valence-corrected chi connectivity index (χ3v) is 5.76. The molecule has 0 bridgehead atoms. The lowest BCUT2D eigenvalue weighted by molar-refractivity contribution is -0.142. The van der Waals surface area contributed by atoms with Crippen LogP contribution in [0.1, 0.15) is 21.6 Å². The minimum atomic E-state index is -5.00. The average molecular weight is 521 g/mol. The van der Waals surface area contributed by atoms with Crippen molar-refractivity contribution < 1.29 is 35.7 Å². The maximum absolute atomic E-state index is 14.2. The lowest BCUT2D eigenvalue weighted by Crippen LogP contribution is -2.21. The molecule has 3 rings (SSSR count). The maximum atomic E-state index is 14.2. The Morgan fingerprint density at radius 3 is 2.32 bits per heavy atom. The van der Waals surface area contributed by atoms with Crippen LogP contribution in [-0.2, 0) is 15.9 Å². The van der Waals surface area contributed by atoms with E-state index in [0.29, 0.717) is 12.1 Å². The molecule has 34 heavy (non-hydrogen) atoms. The van der Waals surface area contributed by atoms with Crippen LogP contribution >= 0.6 is 11.6 Å². The molecule has 0 radical (unpaired) electrons. The summed E-state index contributed by atoms with van der Waals surface area (Å²) in [4.78, 5) is 13.0. The van der Waals surface area contributed by atoms with E-state index >= 15 is 0 Å². The quantitative estimate of drug-likeness (QED) is 0.413. The molecule has 1 aromatic heterocycles. The van der Waals surface area contributed by atoms with Crippen LogP contribution in [0.5, 0.6) is 11.6 Å². The highest BCUT2D eigenvalue weighted by Gasteiger charge is 2.38. The molecule has 7 nitrogen and oxygen atoms in total. The number of benzene rings is 2. The van der Waals surface area contributed by atoms with Gasteiger partial charge in [0.05, 0.1) is 9.73 Å². The third kappa shape index (κ3) is 5.42. The fourth-order valence-electron chi connectivity index (χ4n) is 2.84. The lowest BCUT2D eigenvalue weighted by Gasteiger charge is -2.16. The Bertz CT molecular complexity index is 1370. The SMILES string of the molecule is Cc1c(C(F)(F)F)nnc(Oc2c(F)cc(Cl)cc2F)c1C(=O)Nc1cccc(S(C)(=N)=O)c1. The van der Waals surface area contributed by atoms with Gasteiger partial charge < -0.3 is 10.1 Å². The van der Waals surface area contributed by atoms with Crippen molar-refractivity contribution in [2.45, 2.75) is 18.0 Å². The van der Waals surface area contributed by atoms with Crippen LogP contribution in [0.4, 0.5) is 27.6 Å². The Kier molecular flexibility index (Phi) is 6.80. The molecule has 14 heteroatoms. The van der Waals surface area contributed by atoms with Crippen LogP contribution in [0, 0.1) is 23.3 Å². The van der Waals surface area contributed by atoms with Crippen molar-refractivity contribution in [2.24, 2.45) is 0 Å². The second kappa shape index (κ2) is 9.14.